The van der Waals surface area contributed by atoms with Gasteiger partial charge in [0.25, 0.3) is 0 Å². The number of alkyl halides is 3. The summed E-state index contributed by atoms with van der Waals surface area (Å²) in [6.45, 7) is 0. The average molecular weight is 390 g/mol. The summed E-state index contributed by atoms with van der Waals surface area (Å²) in [5, 5.41) is 0.348. The van der Waals surface area contributed by atoms with Crippen LogP contribution in [0.4, 0.5) is 18.9 Å². The second-order valence-electron chi connectivity index (χ2n) is 5.53. The van der Waals surface area contributed by atoms with E-state index in [0.717, 1.165) is 4.90 Å². The van der Waals surface area contributed by atoms with Crippen molar-refractivity contribution in [2.75, 3.05) is 12.0 Å². The molecule has 0 N–H and O–H groups in total. The van der Waals surface area contributed by atoms with Crippen molar-refractivity contribution in [3.05, 3.63) is 58.1 Å². The van der Waals surface area contributed by atoms with Crippen molar-refractivity contribution in [1.29, 1.82) is 0 Å². The van der Waals surface area contributed by atoms with Crippen LogP contribution in [-0.4, -0.2) is 31.2 Å². The zero-order valence-corrected chi connectivity index (χ0v) is 14.4. The molecule has 0 unspecified atom stereocenters. The monoisotopic (exact) mass is 389 g/mol. The van der Waals surface area contributed by atoms with Gasteiger partial charge >= 0.3 is 6.18 Å². The van der Waals surface area contributed by atoms with Crippen LogP contribution in [0, 0.1) is 0 Å². The van der Waals surface area contributed by atoms with Gasteiger partial charge in [-0.05, 0) is 42.5 Å². The molecule has 2 atom stereocenters. The first-order valence-corrected chi connectivity index (χ1v) is 7.98. The normalized spacial score (nSPS) is 19.7. The smallest absolute Gasteiger partial charge is 0.411 e. The number of nitrogens with zero attached hydrogens (tertiary/aromatic N) is 1. The van der Waals surface area contributed by atoms with E-state index in [1.807, 2.05) is 0 Å². The highest BCUT2D eigenvalue weighted by molar-refractivity contribution is 6.42. The van der Waals surface area contributed by atoms with Gasteiger partial charge in [-0.15, -0.1) is 0 Å². The molecule has 0 bridgehead atoms. The Morgan fingerprint density at radius 2 is 1.72 bits per heavy atom. The molecule has 1 saturated heterocycles. The molecule has 3 rings (SSSR count). The zero-order chi connectivity index (χ0) is 18.4. The van der Waals surface area contributed by atoms with Crippen molar-refractivity contribution in [3.63, 3.8) is 0 Å². The fourth-order valence-electron chi connectivity index (χ4n) is 2.73. The van der Waals surface area contributed by atoms with Crippen molar-refractivity contribution in [2.45, 2.75) is 18.3 Å². The number of rotatable bonds is 4. The van der Waals surface area contributed by atoms with Gasteiger partial charge in [0.05, 0.1) is 17.2 Å². The van der Waals surface area contributed by atoms with Crippen LogP contribution < -0.4 is 9.64 Å². The molecule has 2 aromatic carbocycles. The van der Waals surface area contributed by atoms with Gasteiger partial charge in [0.2, 0.25) is 0 Å². The molecule has 0 aromatic heterocycles. The third-order valence-electron chi connectivity index (χ3n) is 3.99. The molecule has 3 nitrogen and oxygen atoms in total. The summed E-state index contributed by atoms with van der Waals surface area (Å²) in [7, 11) is 1.46. The lowest BCUT2D eigenvalue weighted by Crippen LogP contribution is -2.23. The molecule has 2 aromatic rings. The molecule has 0 spiro atoms. The molecular weight excluding hydrogens is 378 g/mol. The maximum atomic E-state index is 13.3. The van der Waals surface area contributed by atoms with E-state index in [4.69, 9.17) is 27.9 Å². The van der Waals surface area contributed by atoms with E-state index in [2.05, 4.69) is 0 Å². The summed E-state index contributed by atoms with van der Waals surface area (Å²) in [6.07, 6.45) is -4.53. The fourth-order valence-corrected chi connectivity index (χ4v) is 3.03. The Bertz CT molecular complexity index is 809. The predicted octanol–water partition coefficient (Wildman–Crippen LogP) is 5.00. The van der Waals surface area contributed by atoms with Crippen molar-refractivity contribution in [1.82, 2.24) is 0 Å². The number of hydrogen-bond donors (Lipinski definition) is 0. The first-order valence-electron chi connectivity index (χ1n) is 7.22. The van der Waals surface area contributed by atoms with E-state index < -0.39 is 24.0 Å². The van der Waals surface area contributed by atoms with Crippen LogP contribution >= 0.6 is 23.2 Å². The largest absolute Gasteiger partial charge is 0.497 e. The van der Waals surface area contributed by atoms with E-state index in [1.54, 1.807) is 12.1 Å². The molecule has 132 valence electrons. The third-order valence-corrected chi connectivity index (χ3v) is 4.73. The maximum absolute atomic E-state index is 13.3. The average Bonchev–Trinajstić information content (AvgIpc) is 3.33. The minimum absolute atomic E-state index is 0.0876. The van der Waals surface area contributed by atoms with E-state index in [0.29, 0.717) is 11.4 Å². The lowest BCUT2D eigenvalue weighted by Gasteiger charge is -2.09. The fraction of sp³-hybridized carbons (Fsp3) is 0.235. The minimum atomic E-state index is -4.53. The number of ketones is 1. The van der Waals surface area contributed by atoms with Gasteiger partial charge in [-0.2, -0.15) is 13.2 Å². The van der Waals surface area contributed by atoms with Crippen molar-refractivity contribution < 1.29 is 22.7 Å². The van der Waals surface area contributed by atoms with Crippen LogP contribution in [0.2, 0.25) is 10.0 Å². The van der Waals surface area contributed by atoms with E-state index in [9.17, 15) is 18.0 Å². The molecule has 8 heteroatoms. The van der Waals surface area contributed by atoms with E-state index >= 15 is 0 Å². The summed E-state index contributed by atoms with van der Waals surface area (Å²) in [4.78, 5) is 13.6. The van der Waals surface area contributed by atoms with Crippen molar-refractivity contribution in [2.24, 2.45) is 0 Å². The molecule has 1 heterocycles. The lowest BCUT2D eigenvalue weighted by molar-refractivity contribution is -0.127. The van der Waals surface area contributed by atoms with Crippen LogP contribution in [0.1, 0.15) is 10.4 Å². The SMILES string of the molecule is COc1ccc(N2[C@H](C(=O)c3ccc(Cl)c(Cl)c3)[C@@H]2C(F)(F)F)cc1. The van der Waals surface area contributed by atoms with Crippen molar-refractivity contribution >= 4 is 34.7 Å². The highest BCUT2D eigenvalue weighted by Gasteiger charge is 2.66. The molecule has 0 radical (unpaired) electrons. The summed E-state index contributed by atoms with van der Waals surface area (Å²) in [5.74, 6) is -0.141. The third kappa shape index (κ3) is 3.41. The maximum Gasteiger partial charge on any atom is 0.411 e. The van der Waals surface area contributed by atoms with Crippen LogP contribution in [0.3, 0.4) is 0 Å². The van der Waals surface area contributed by atoms with Gasteiger partial charge in [-0.3, -0.25) is 4.79 Å². The van der Waals surface area contributed by atoms with E-state index in [-0.39, 0.29) is 15.6 Å². The van der Waals surface area contributed by atoms with Crippen LogP contribution in [0.25, 0.3) is 0 Å². The minimum Gasteiger partial charge on any atom is -0.497 e. The Kier molecular flexibility index (Phi) is 4.60. The quantitative estimate of drug-likeness (QED) is 0.543. The standard InChI is InChI=1S/C17H12Cl2F3NO2/c1-25-11-5-3-10(4-6-11)23-14(16(23)17(20,21)22)15(24)9-2-7-12(18)13(19)8-9/h2-8,14,16H,1H3/t14-,16-,23?/m1/s1. The van der Waals surface area contributed by atoms with Crippen LogP contribution in [0.5, 0.6) is 5.75 Å². The Morgan fingerprint density at radius 3 is 2.24 bits per heavy atom. The Morgan fingerprint density at radius 1 is 1.08 bits per heavy atom. The van der Waals surface area contributed by atoms with Crippen molar-refractivity contribution in [3.8, 4) is 5.75 Å². The molecule has 0 saturated carbocycles. The Balaban J connectivity index is 1.92. The number of carbonyl (C=O) groups is 1. The number of benzene rings is 2. The highest BCUT2D eigenvalue weighted by atomic mass is 35.5. The number of methoxy groups -OCH3 is 1. The molecule has 1 fully saturated rings. The van der Waals surface area contributed by atoms with Gasteiger partial charge in [0.15, 0.2) is 11.8 Å². The number of hydrogen-bond acceptors (Lipinski definition) is 3. The predicted molar refractivity (Wildman–Crippen MR) is 89.9 cm³/mol. The number of ether oxygens (including phenoxy) is 1. The van der Waals surface area contributed by atoms with E-state index in [1.165, 1.54) is 37.4 Å². The highest BCUT2D eigenvalue weighted by Crippen LogP contribution is 2.46. The van der Waals surface area contributed by atoms with Gasteiger partial charge in [-0.25, -0.2) is 0 Å². The first kappa shape index (κ1) is 17.9. The molecule has 0 aliphatic carbocycles. The Labute approximate surface area is 151 Å². The number of carbonyl (C=O) groups excluding carboxylic acids is 1. The second-order valence-corrected chi connectivity index (χ2v) is 6.34. The molecule has 1 aliphatic heterocycles. The van der Waals surface area contributed by atoms with Gasteiger partial charge in [0.1, 0.15) is 11.8 Å². The summed E-state index contributed by atoms with van der Waals surface area (Å²) >= 11 is 11.7. The lowest BCUT2D eigenvalue weighted by atomic mass is 10.1. The summed E-state index contributed by atoms with van der Waals surface area (Å²) < 4.78 is 45.0. The number of halogens is 5. The van der Waals surface area contributed by atoms with Gasteiger partial charge in [0, 0.05) is 11.3 Å². The van der Waals surface area contributed by atoms with Gasteiger partial charge < -0.3 is 9.64 Å². The molecule has 25 heavy (non-hydrogen) atoms. The summed E-state index contributed by atoms with van der Waals surface area (Å²) in [6, 6.07) is 6.90. The topological polar surface area (TPSA) is 29.3 Å². The number of anilines is 1. The Hall–Kier alpha value is -1.92. The zero-order valence-electron chi connectivity index (χ0n) is 12.8. The second kappa shape index (κ2) is 6.42. The number of Topliss-reactive ketones (excluding diaryl/α,β-unsaturated/α-hetero) is 1. The molecular formula is C17H12Cl2F3NO2. The summed E-state index contributed by atoms with van der Waals surface area (Å²) in [5.41, 5.74) is 0.381. The van der Waals surface area contributed by atoms with Gasteiger partial charge in [-0.1, -0.05) is 23.2 Å². The first-order chi connectivity index (χ1) is 11.7. The van der Waals surface area contributed by atoms with Crippen LogP contribution in [-0.2, 0) is 0 Å². The molecule has 0 amide bonds. The van der Waals surface area contributed by atoms with Crippen LogP contribution in [0.15, 0.2) is 42.5 Å². The molecule has 1 aliphatic rings.